The van der Waals surface area contributed by atoms with Crippen LogP contribution in [0.2, 0.25) is 5.04 Å². The van der Waals surface area contributed by atoms with Gasteiger partial charge < -0.3 is 14.3 Å². The smallest absolute Gasteiger partial charge is 0.261 e. The molecule has 0 radical (unpaired) electrons. The quantitative estimate of drug-likeness (QED) is 0.821. The highest BCUT2D eigenvalue weighted by Gasteiger charge is 2.50. The fourth-order valence-corrected chi connectivity index (χ4v) is 8.60. The van der Waals surface area contributed by atoms with Crippen LogP contribution >= 0.6 is 0 Å². The third-order valence-corrected chi connectivity index (χ3v) is 10.4. The van der Waals surface area contributed by atoms with Gasteiger partial charge in [-0.25, -0.2) is 0 Å². The number of rotatable bonds is 5. The average Bonchev–Trinajstić information content (AvgIpc) is 2.94. The lowest BCUT2D eigenvalue weighted by molar-refractivity contribution is -0.112. The summed E-state index contributed by atoms with van der Waals surface area (Å²) >= 11 is 0. The van der Waals surface area contributed by atoms with Crippen molar-refractivity contribution >= 4 is 18.7 Å². The first-order valence-electron chi connectivity index (χ1n) is 9.43. The standard InChI is InChI=1S/C22H30O3Si/c1-17-15-18(25-21(17)23)16-24-26(22(2,3)4,19-11-7-5-8-12-19)20-13-9-6-10-14-20/h5-14,17-18,21,23H,15-16H2,1-4H3/t17-,18-,21?/m0/s1. The summed E-state index contributed by atoms with van der Waals surface area (Å²) in [6.07, 6.45) is 0.101. The maximum absolute atomic E-state index is 9.93. The maximum Gasteiger partial charge on any atom is 0.261 e. The first-order valence-corrected chi connectivity index (χ1v) is 11.3. The van der Waals surface area contributed by atoms with Gasteiger partial charge in [0.05, 0.1) is 12.7 Å². The minimum atomic E-state index is -2.52. The lowest BCUT2D eigenvalue weighted by atomic mass is 10.1. The van der Waals surface area contributed by atoms with Crippen molar-refractivity contribution in [1.29, 1.82) is 0 Å². The van der Waals surface area contributed by atoms with Gasteiger partial charge >= 0.3 is 0 Å². The van der Waals surface area contributed by atoms with Gasteiger partial charge in [0.15, 0.2) is 6.29 Å². The van der Waals surface area contributed by atoms with Crippen molar-refractivity contribution in [2.75, 3.05) is 6.61 Å². The van der Waals surface area contributed by atoms with Crippen molar-refractivity contribution in [3.8, 4) is 0 Å². The van der Waals surface area contributed by atoms with Gasteiger partial charge in [0.1, 0.15) is 0 Å². The molecule has 1 saturated heterocycles. The third kappa shape index (κ3) is 3.65. The molecule has 140 valence electrons. The van der Waals surface area contributed by atoms with Crippen molar-refractivity contribution in [2.45, 2.75) is 51.5 Å². The molecule has 26 heavy (non-hydrogen) atoms. The average molecular weight is 371 g/mol. The van der Waals surface area contributed by atoms with E-state index >= 15 is 0 Å². The van der Waals surface area contributed by atoms with E-state index in [2.05, 4.69) is 81.4 Å². The summed E-state index contributed by atoms with van der Waals surface area (Å²) in [6, 6.07) is 21.2. The summed E-state index contributed by atoms with van der Waals surface area (Å²) in [7, 11) is -2.52. The molecule has 0 amide bonds. The minimum absolute atomic E-state index is 0.0431. The van der Waals surface area contributed by atoms with Crippen LogP contribution in [-0.4, -0.2) is 32.4 Å². The van der Waals surface area contributed by atoms with Gasteiger partial charge in [-0.3, -0.25) is 0 Å². The van der Waals surface area contributed by atoms with Crippen LogP contribution < -0.4 is 10.4 Å². The number of hydrogen-bond donors (Lipinski definition) is 1. The lowest BCUT2D eigenvalue weighted by Gasteiger charge is -2.43. The fraction of sp³-hybridized carbons (Fsp3) is 0.455. The first-order chi connectivity index (χ1) is 12.3. The molecule has 1 N–H and O–H groups in total. The number of hydrogen-bond acceptors (Lipinski definition) is 3. The Morgan fingerprint density at radius 2 is 1.50 bits per heavy atom. The molecule has 1 unspecified atom stereocenters. The molecule has 3 atom stereocenters. The molecule has 1 aliphatic heterocycles. The molecule has 0 saturated carbocycles. The van der Waals surface area contributed by atoms with Crippen LogP contribution in [0.25, 0.3) is 0 Å². The van der Waals surface area contributed by atoms with Crippen molar-refractivity contribution in [1.82, 2.24) is 0 Å². The van der Waals surface area contributed by atoms with E-state index in [0.717, 1.165) is 6.42 Å². The van der Waals surface area contributed by atoms with Gasteiger partial charge in [0.2, 0.25) is 0 Å². The fourth-order valence-electron chi connectivity index (χ4n) is 4.00. The Morgan fingerprint density at radius 1 is 1.00 bits per heavy atom. The molecule has 1 aliphatic rings. The van der Waals surface area contributed by atoms with Gasteiger partial charge in [-0.05, 0) is 21.8 Å². The zero-order chi connectivity index (χ0) is 18.8. The molecule has 3 nitrogen and oxygen atoms in total. The zero-order valence-electron chi connectivity index (χ0n) is 16.2. The first kappa shape index (κ1) is 19.3. The topological polar surface area (TPSA) is 38.7 Å². The second kappa shape index (κ2) is 7.65. The molecule has 4 heteroatoms. The molecular formula is C22H30O3Si. The van der Waals surface area contributed by atoms with Crippen LogP contribution in [0.4, 0.5) is 0 Å². The summed E-state index contributed by atoms with van der Waals surface area (Å²) in [4.78, 5) is 0. The summed E-state index contributed by atoms with van der Waals surface area (Å²) in [5.41, 5.74) is 0. The van der Waals surface area contributed by atoms with Gasteiger partial charge in [-0.1, -0.05) is 88.4 Å². The van der Waals surface area contributed by atoms with E-state index in [1.54, 1.807) is 0 Å². The van der Waals surface area contributed by atoms with Crippen LogP contribution in [-0.2, 0) is 9.16 Å². The molecule has 2 aromatic rings. The largest absolute Gasteiger partial charge is 0.405 e. The highest BCUT2D eigenvalue weighted by atomic mass is 28.4. The Hall–Kier alpha value is -1.46. The molecular weight excluding hydrogens is 340 g/mol. The Balaban J connectivity index is 2.00. The van der Waals surface area contributed by atoms with E-state index in [1.807, 2.05) is 6.92 Å². The maximum atomic E-state index is 9.93. The summed E-state index contributed by atoms with van der Waals surface area (Å²) in [5, 5.41) is 12.4. The number of ether oxygens (including phenoxy) is 1. The molecule has 3 rings (SSSR count). The zero-order valence-corrected chi connectivity index (χ0v) is 17.2. The third-order valence-electron chi connectivity index (χ3n) is 5.36. The number of benzene rings is 2. The molecule has 1 heterocycles. The predicted octanol–water partition coefficient (Wildman–Crippen LogP) is 3.31. The highest BCUT2D eigenvalue weighted by molar-refractivity contribution is 6.99. The van der Waals surface area contributed by atoms with E-state index < -0.39 is 14.6 Å². The van der Waals surface area contributed by atoms with E-state index in [0.29, 0.717) is 6.61 Å². The van der Waals surface area contributed by atoms with E-state index in [-0.39, 0.29) is 17.1 Å². The Bertz CT molecular complexity index is 647. The normalized spacial score (nSPS) is 24.0. The van der Waals surface area contributed by atoms with Crippen LogP contribution in [0.15, 0.2) is 60.7 Å². The lowest BCUT2D eigenvalue weighted by Crippen LogP contribution is -2.67. The summed E-state index contributed by atoms with van der Waals surface area (Å²) < 4.78 is 12.6. The number of aliphatic hydroxyl groups excluding tert-OH is 1. The molecule has 0 spiro atoms. The van der Waals surface area contributed by atoms with Crippen molar-refractivity contribution in [2.24, 2.45) is 5.92 Å². The Kier molecular flexibility index (Phi) is 5.68. The Morgan fingerprint density at radius 3 is 1.88 bits per heavy atom. The van der Waals surface area contributed by atoms with Crippen LogP contribution in [0.3, 0.4) is 0 Å². The van der Waals surface area contributed by atoms with E-state index in [4.69, 9.17) is 9.16 Å². The predicted molar refractivity (Wildman–Crippen MR) is 108 cm³/mol. The molecule has 2 aromatic carbocycles. The molecule has 0 aliphatic carbocycles. The van der Waals surface area contributed by atoms with Crippen molar-refractivity contribution in [3.05, 3.63) is 60.7 Å². The van der Waals surface area contributed by atoms with Crippen LogP contribution in [0.1, 0.15) is 34.1 Å². The summed E-state index contributed by atoms with van der Waals surface area (Å²) in [6.45, 7) is 9.34. The van der Waals surface area contributed by atoms with Crippen molar-refractivity contribution in [3.63, 3.8) is 0 Å². The van der Waals surface area contributed by atoms with Gasteiger partial charge in [0, 0.05) is 5.92 Å². The molecule has 0 bridgehead atoms. The van der Waals surface area contributed by atoms with Crippen molar-refractivity contribution < 1.29 is 14.3 Å². The second-order valence-corrected chi connectivity index (χ2v) is 12.6. The van der Waals surface area contributed by atoms with E-state index in [1.165, 1.54) is 10.4 Å². The Labute approximate surface area is 158 Å². The number of aliphatic hydroxyl groups is 1. The molecule has 0 aromatic heterocycles. The van der Waals surface area contributed by atoms with E-state index in [9.17, 15) is 5.11 Å². The van der Waals surface area contributed by atoms with Gasteiger partial charge in [-0.15, -0.1) is 0 Å². The van der Waals surface area contributed by atoms with Crippen LogP contribution in [0.5, 0.6) is 0 Å². The van der Waals surface area contributed by atoms with Crippen LogP contribution in [0, 0.1) is 5.92 Å². The summed E-state index contributed by atoms with van der Waals surface area (Å²) in [5.74, 6) is 0.155. The highest BCUT2D eigenvalue weighted by Crippen LogP contribution is 2.37. The SMILES string of the molecule is C[C@H]1C[C@@H](CO[Si](c2ccccc2)(c2ccccc2)C(C)(C)C)OC1O. The monoisotopic (exact) mass is 370 g/mol. The van der Waals surface area contributed by atoms with Gasteiger partial charge in [-0.2, -0.15) is 0 Å². The molecule has 1 fully saturated rings. The van der Waals surface area contributed by atoms with Gasteiger partial charge in [0.25, 0.3) is 8.32 Å². The minimum Gasteiger partial charge on any atom is -0.405 e. The second-order valence-electron chi connectivity index (χ2n) is 8.34.